The quantitative estimate of drug-likeness (QED) is 0.274. The van der Waals surface area contributed by atoms with Gasteiger partial charge in [-0.05, 0) is 16.8 Å². The number of ketones is 1. The number of benzene rings is 2. The zero-order chi connectivity index (χ0) is 14.6. The lowest BCUT2D eigenvalue weighted by molar-refractivity contribution is -0.133. The summed E-state index contributed by atoms with van der Waals surface area (Å²) in [5.41, 5.74) is -0.663. The van der Waals surface area contributed by atoms with Gasteiger partial charge in [-0.3, -0.25) is 9.59 Å². The fraction of sp³-hybridized carbons (Fsp3) is 0.0625. The first-order chi connectivity index (χ1) is 10.1. The molecule has 0 aliphatic carbocycles. The lowest BCUT2D eigenvalue weighted by atomic mass is 10.00. The van der Waals surface area contributed by atoms with Crippen LogP contribution in [-0.4, -0.2) is 11.8 Å². The average molecular weight is 280 g/mol. The first-order valence-electron chi connectivity index (χ1n) is 6.37. The van der Waals surface area contributed by atoms with Crippen molar-refractivity contribution in [3.63, 3.8) is 0 Å². The van der Waals surface area contributed by atoms with E-state index in [1.54, 1.807) is 12.1 Å². The number of carbonyl (C=O) groups is 2. The molecule has 102 valence electrons. The maximum absolute atomic E-state index is 12.0. The Balaban J connectivity index is 2.28. The minimum Gasteiger partial charge on any atom is -0.424 e. The Bertz CT molecular complexity index is 997. The highest BCUT2D eigenvalue weighted by atomic mass is 16.5. The Kier molecular flexibility index (Phi) is 2.27. The van der Waals surface area contributed by atoms with E-state index in [4.69, 9.17) is 9.15 Å². The molecule has 0 amide bonds. The van der Waals surface area contributed by atoms with Crippen molar-refractivity contribution < 1.29 is 18.7 Å². The molecule has 0 radical (unpaired) electrons. The topological polar surface area (TPSA) is 73.6 Å². The molecule has 0 unspecified atom stereocenters. The Labute approximate surface area is 117 Å². The van der Waals surface area contributed by atoms with Crippen molar-refractivity contribution in [1.29, 1.82) is 0 Å². The van der Waals surface area contributed by atoms with Crippen molar-refractivity contribution in [3.8, 4) is 5.75 Å². The van der Waals surface area contributed by atoms with Crippen LogP contribution in [0.5, 0.6) is 5.75 Å². The van der Waals surface area contributed by atoms with Gasteiger partial charge in [-0.2, -0.15) is 0 Å². The first-order valence-corrected chi connectivity index (χ1v) is 6.37. The van der Waals surface area contributed by atoms with Gasteiger partial charge in [0.25, 0.3) is 0 Å². The van der Waals surface area contributed by atoms with E-state index in [2.05, 4.69) is 0 Å². The fourth-order valence-corrected chi connectivity index (χ4v) is 2.65. The van der Waals surface area contributed by atoms with E-state index >= 15 is 0 Å². The smallest absolute Gasteiger partial charge is 0.351 e. The van der Waals surface area contributed by atoms with Gasteiger partial charge in [-0.25, -0.2) is 4.79 Å². The number of rotatable bonds is 0. The van der Waals surface area contributed by atoms with Crippen LogP contribution in [0.1, 0.15) is 16.8 Å². The van der Waals surface area contributed by atoms with Crippen molar-refractivity contribution in [1.82, 2.24) is 0 Å². The summed E-state index contributed by atoms with van der Waals surface area (Å²) >= 11 is 0. The van der Waals surface area contributed by atoms with Gasteiger partial charge in [0.2, 0.25) is 0 Å². The molecule has 4 rings (SSSR count). The molecule has 0 fully saturated rings. The zero-order valence-electron chi connectivity index (χ0n) is 10.7. The summed E-state index contributed by atoms with van der Waals surface area (Å²) in [4.78, 5) is 35.4. The van der Waals surface area contributed by atoms with Gasteiger partial charge in [0.15, 0.2) is 11.5 Å². The molecule has 3 aromatic rings. The second-order valence-electron chi connectivity index (χ2n) is 4.83. The van der Waals surface area contributed by atoms with E-state index in [1.165, 1.54) is 0 Å². The van der Waals surface area contributed by atoms with Gasteiger partial charge in [0, 0.05) is 0 Å². The van der Waals surface area contributed by atoms with Gasteiger partial charge in [-0.1, -0.05) is 30.3 Å². The van der Waals surface area contributed by atoms with E-state index in [0.717, 1.165) is 10.8 Å². The molecule has 5 heteroatoms. The molecule has 1 aliphatic rings. The third kappa shape index (κ3) is 1.61. The van der Waals surface area contributed by atoms with Crippen molar-refractivity contribution in [2.24, 2.45) is 0 Å². The SMILES string of the molecule is O=C1CC(=O)c2c(c3c(ccc4ccccc43)oc2=O)O1. The van der Waals surface area contributed by atoms with Crippen molar-refractivity contribution in [2.45, 2.75) is 6.42 Å². The highest BCUT2D eigenvalue weighted by Gasteiger charge is 2.31. The maximum atomic E-state index is 12.0. The average Bonchev–Trinajstić information content (AvgIpc) is 2.45. The minimum atomic E-state index is -0.773. The monoisotopic (exact) mass is 280 g/mol. The molecule has 0 bridgehead atoms. The minimum absolute atomic E-state index is 0.0132. The van der Waals surface area contributed by atoms with Crippen LogP contribution in [0.25, 0.3) is 21.7 Å². The molecule has 1 aromatic heterocycles. The molecule has 0 spiro atoms. The lowest BCUT2D eigenvalue weighted by Gasteiger charge is -2.16. The molecular formula is C16H8O5. The lowest BCUT2D eigenvalue weighted by Crippen LogP contribution is -2.27. The summed E-state index contributed by atoms with van der Waals surface area (Å²) in [5.74, 6) is -1.21. The van der Waals surface area contributed by atoms with E-state index in [9.17, 15) is 14.4 Å². The maximum Gasteiger partial charge on any atom is 0.351 e. The Hall–Kier alpha value is -2.95. The number of carbonyl (C=O) groups excluding carboxylic acids is 2. The second kappa shape index (κ2) is 4.02. The van der Waals surface area contributed by atoms with Gasteiger partial charge in [0.05, 0.1) is 5.39 Å². The molecule has 0 saturated heterocycles. The Morgan fingerprint density at radius 2 is 1.76 bits per heavy atom. The number of ether oxygens (including phenoxy) is 1. The predicted octanol–water partition coefficient (Wildman–Crippen LogP) is 2.44. The van der Waals surface area contributed by atoms with Crippen LogP contribution < -0.4 is 10.4 Å². The molecule has 21 heavy (non-hydrogen) atoms. The number of hydrogen-bond donors (Lipinski definition) is 0. The highest BCUT2D eigenvalue weighted by Crippen LogP contribution is 2.36. The second-order valence-corrected chi connectivity index (χ2v) is 4.83. The molecular weight excluding hydrogens is 272 g/mol. The predicted molar refractivity (Wildman–Crippen MR) is 74.6 cm³/mol. The Morgan fingerprint density at radius 3 is 2.62 bits per heavy atom. The summed E-state index contributed by atoms with van der Waals surface area (Å²) in [6.45, 7) is 0. The van der Waals surface area contributed by atoms with Gasteiger partial charge >= 0.3 is 11.6 Å². The van der Waals surface area contributed by atoms with E-state index < -0.39 is 23.8 Å². The van der Waals surface area contributed by atoms with E-state index in [0.29, 0.717) is 11.0 Å². The van der Waals surface area contributed by atoms with Gasteiger partial charge < -0.3 is 9.15 Å². The number of esters is 1. The highest BCUT2D eigenvalue weighted by molar-refractivity contribution is 6.18. The summed E-state index contributed by atoms with van der Waals surface area (Å²) in [7, 11) is 0. The largest absolute Gasteiger partial charge is 0.424 e. The molecule has 0 N–H and O–H groups in total. The van der Waals surface area contributed by atoms with Gasteiger partial charge in [0.1, 0.15) is 17.6 Å². The third-order valence-corrected chi connectivity index (χ3v) is 3.55. The number of Topliss-reactive ketones (excluding diaryl/α,β-unsaturated/α-hetero) is 1. The van der Waals surface area contributed by atoms with Crippen molar-refractivity contribution in [3.05, 3.63) is 52.4 Å². The van der Waals surface area contributed by atoms with Crippen LogP contribution in [0.15, 0.2) is 45.6 Å². The number of fused-ring (bicyclic) bond motifs is 5. The summed E-state index contributed by atoms with van der Waals surface area (Å²) in [5, 5.41) is 2.14. The molecule has 2 heterocycles. The van der Waals surface area contributed by atoms with Crippen molar-refractivity contribution >= 4 is 33.5 Å². The van der Waals surface area contributed by atoms with Crippen LogP contribution in [0.4, 0.5) is 0 Å². The van der Waals surface area contributed by atoms with Crippen LogP contribution in [0.2, 0.25) is 0 Å². The fourth-order valence-electron chi connectivity index (χ4n) is 2.65. The van der Waals surface area contributed by atoms with Crippen molar-refractivity contribution in [2.75, 3.05) is 0 Å². The first kappa shape index (κ1) is 11.8. The molecule has 2 aromatic carbocycles. The number of hydrogen-bond acceptors (Lipinski definition) is 5. The van der Waals surface area contributed by atoms with Crippen LogP contribution in [0.3, 0.4) is 0 Å². The summed E-state index contributed by atoms with van der Waals surface area (Å²) < 4.78 is 10.4. The Morgan fingerprint density at radius 1 is 0.952 bits per heavy atom. The zero-order valence-corrected chi connectivity index (χ0v) is 10.7. The van der Waals surface area contributed by atoms with Crippen LogP contribution in [-0.2, 0) is 4.79 Å². The molecule has 0 atom stereocenters. The summed E-state index contributed by atoms with van der Waals surface area (Å²) in [6.07, 6.45) is -0.436. The molecule has 5 nitrogen and oxygen atoms in total. The molecule has 1 aliphatic heterocycles. The normalized spacial score (nSPS) is 14.3. The van der Waals surface area contributed by atoms with Gasteiger partial charge in [-0.15, -0.1) is 0 Å². The standard InChI is InChI=1S/C16H8O5/c17-10-7-12(18)21-15-13-9-4-2-1-3-8(9)5-6-11(13)20-16(19)14(10)15/h1-6H,7H2. The summed E-state index contributed by atoms with van der Waals surface area (Å²) in [6, 6.07) is 10.8. The van der Waals surface area contributed by atoms with Crippen LogP contribution >= 0.6 is 0 Å². The van der Waals surface area contributed by atoms with E-state index in [1.807, 2.05) is 24.3 Å². The molecule has 0 saturated carbocycles. The van der Waals surface area contributed by atoms with Crippen LogP contribution in [0, 0.1) is 0 Å². The van der Waals surface area contributed by atoms with E-state index in [-0.39, 0.29) is 11.3 Å². The third-order valence-electron chi connectivity index (χ3n) is 3.55.